The molecule has 0 aliphatic carbocycles. The van der Waals surface area contributed by atoms with Crippen LogP contribution < -0.4 is 0 Å². The molecule has 1 aliphatic rings. The van der Waals surface area contributed by atoms with Gasteiger partial charge in [-0.2, -0.15) is 0 Å². The number of hydrogen-bond donors (Lipinski definition) is 0. The Bertz CT molecular complexity index is 695. The molecule has 0 unspecified atom stereocenters. The number of carbonyl (C=O) groups excluding carboxylic acids is 1. The summed E-state index contributed by atoms with van der Waals surface area (Å²) in [6.07, 6.45) is 1.87. The van der Waals surface area contributed by atoms with Crippen molar-refractivity contribution in [3.8, 4) is 0 Å². The summed E-state index contributed by atoms with van der Waals surface area (Å²) in [4.78, 5) is 20.6. The largest absolute Gasteiger partial charge is 0.336 e. The number of imidazole rings is 1. The number of hydrogen-bond acceptors (Lipinski definition) is 3. The van der Waals surface area contributed by atoms with E-state index in [2.05, 4.69) is 14.5 Å². The predicted octanol–water partition coefficient (Wildman–Crippen LogP) is 1.71. The lowest BCUT2D eigenvalue weighted by Gasteiger charge is -2.34. The van der Waals surface area contributed by atoms with Crippen molar-refractivity contribution >= 4 is 5.91 Å². The lowest BCUT2D eigenvalue weighted by Crippen LogP contribution is -2.49. The van der Waals surface area contributed by atoms with E-state index in [4.69, 9.17) is 0 Å². The average Bonchev–Trinajstić information content (AvgIpc) is 2.84. The van der Waals surface area contributed by atoms with Crippen molar-refractivity contribution in [2.75, 3.05) is 19.6 Å². The zero-order valence-electron chi connectivity index (χ0n) is 13.5. The highest BCUT2D eigenvalue weighted by atomic mass is 19.1. The van der Waals surface area contributed by atoms with Gasteiger partial charge < -0.3 is 9.47 Å². The molecule has 2 aromatic rings. The Labute approximate surface area is 135 Å². The van der Waals surface area contributed by atoms with Gasteiger partial charge in [0.15, 0.2) is 0 Å². The van der Waals surface area contributed by atoms with E-state index in [1.54, 1.807) is 12.1 Å². The molecular formula is C17H21FN4O. The van der Waals surface area contributed by atoms with Gasteiger partial charge in [0, 0.05) is 39.4 Å². The Morgan fingerprint density at radius 2 is 1.91 bits per heavy atom. The molecular weight excluding hydrogens is 295 g/mol. The maximum absolute atomic E-state index is 12.9. The van der Waals surface area contributed by atoms with Crippen molar-refractivity contribution in [3.05, 3.63) is 53.4 Å². The molecule has 5 nitrogen and oxygen atoms in total. The van der Waals surface area contributed by atoms with Crippen LogP contribution in [0.1, 0.15) is 17.1 Å². The van der Waals surface area contributed by atoms with Gasteiger partial charge in [-0.1, -0.05) is 12.1 Å². The summed E-state index contributed by atoms with van der Waals surface area (Å²) in [5.41, 5.74) is 2.07. The van der Waals surface area contributed by atoms with E-state index in [9.17, 15) is 9.18 Å². The summed E-state index contributed by atoms with van der Waals surface area (Å²) in [5, 5.41) is 0. The third-order valence-electron chi connectivity index (χ3n) is 4.39. The van der Waals surface area contributed by atoms with E-state index in [1.807, 2.05) is 25.1 Å². The fourth-order valence-corrected chi connectivity index (χ4v) is 2.79. The first-order valence-corrected chi connectivity index (χ1v) is 7.74. The van der Waals surface area contributed by atoms with Gasteiger partial charge in [-0.25, -0.2) is 9.37 Å². The second kappa shape index (κ2) is 6.50. The van der Waals surface area contributed by atoms with Crippen LogP contribution in [-0.4, -0.2) is 44.9 Å². The maximum atomic E-state index is 12.9. The van der Waals surface area contributed by atoms with Crippen molar-refractivity contribution in [2.24, 2.45) is 7.05 Å². The second-order valence-electron chi connectivity index (χ2n) is 6.01. The molecule has 122 valence electrons. The summed E-state index contributed by atoms with van der Waals surface area (Å²) in [6, 6.07) is 6.32. The molecule has 1 aromatic carbocycles. The number of benzene rings is 1. The van der Waals surface area contributed by atoms with Crippen LogP contribution in [-0.2, 0) is 24.9 Å². The molecule has 0 N–H and O–H groups in total. The third-order valence-corrected chi connectivity index (χ3v) is 4.39. The van der Waals surface area contributed by atoms with E-state index < -0.39 is 0 Å². The highest BCUT2D eigenvalue weighted by Gasteiger charge is 2.24. The summed E-state index contributed by atoms with van der Waals surface area (Å²) >= 11 is 0. The first-order chi connectivity index (χ1) is 11.0. The molecule has 0 atom stereocenters. The summed E-state index contributed by atoms with van der Waals surface area (Å²) in [7, 11) is 1.99. The molecule has 0 bridgehead atoms. The van der Waals surface area contributed by atoms with Gasteiger partial charge in [0.25, 0.3) is 0 Å². The van der Waals surface area contributed by atoms with Crippen LogP contribution >= 0.6 is 0 Å². The van der Waals surface area contributed by atoms with E-state index in [0.29, 0.717) is 19.6 Å². The minimum absolute atomic E-state index is 0.111. The number of piperazine rings is 1. The molecule has 1 aliphatic heterocycles. The van der Waals surface area contributed by atoms with E-state index in [0.717, 1.165) is 30.2 Å². The monoisotopic (exact) mass is 316 g/mol. The van der Waals surface area contributed by atoms with Crippen LogP contribution in [0.4, 0.5) is 4.39 Å². The summed E-state index contributed by atoms with van der Waals surface area (Å²) in [5.74, 6) is 0.831. The van der Waals surface area contributed by atoms with Gasteiger partial charge in [-0.05, 0) is 24.6 Å². The Hall–Kier alpha value is -2.21. The number of aromatic nitrogens is 2. The summed E-state index contributed by atoms with van der Waals surface area (Å²) < 4.78 is 15.0. The second-order valence-corrected chi connectivity index (χ2v) is 6.01. The SMILES string of the molecule is Cc1ncc(CN2CCN(Cc3ccc(F)cc3)C(=O)C2)n1C. The minimum atomic E-state index is -0.253. The molecule has 1 amide bonds. The van der Waals surface area contributed by atoms with Crippen LogP contribution in [0.3, 0.4) is 0 Å². The topological polar surface area (TPSA) is 41.4 Å². The minimum Gasteiger partial charge on any atom is -0.336 e. The zero-order chi connectivity index (χ0) is 16.4. The molecule has 1 fully saturated rings. The van der Waals surface area contributed by atoms with Gasteiger partial charge in [0.2, 0.25) is 5.91 Å². The number of amides is 1. The fraction of sp³-hybridized carbons (Fsp3) is 0.412. The van der Waals surface area contributed by atoms with Crippen molar-refractivity contribution in [1.82, 2.24) is 19.4 Å². The Kier molecular flexibility index (Phi) is 4.43. The van der Waals surface area contributed by atoms with Crippen LogP contribution in [0.2, 0.25) is 0 Å². The molecule has 1 aromatic heterocycles. The van der Waals surface area contributed by atoms with Gasteiger partial charge >= 0.3 is 0 Å². The predicted molar refractivity (Wildman–Crippen MR) is 85.0 cm³/mol. The Morgan fingerprint density at radius 1 is 1.17 bits per heavy atom. The molecule has 6 heteroatoms. The van der Waals surface area contributed by atoms with E-state index in [-0.39, 0.29) is 11.7 Å². The normalized spacial score (nSPS) is 16.1. The van der Waals surface area contributed by atoms with Crippen molar-refractivity contribution in [2.45, 2.75) is 20.0 Å². The van der Waals surface area contributed by atoms with Gasteiger partial charge in [-0.15, -0.1) is 0 Å². The number of aryl methyl sites for hydroxylation is 1. The van der Waals surface area contributed by atoms with E-state index in [1.165, 1.54) is 12.1 Å². The van der Waals surface area contributed by atoms with Crippen LogP contribution in [0.25, 0.3) is 0 Å². The first-order valence-electron chi connectivity index (χ1n) is 7.74. The summed E-state index contributed by atoms with van der Waals surface area (Å²) in [6.45, 7) is 5.16. The van der Waals surface area contributed by atoms with Gasteiger partial charge in [0.05, 0.1) is 12.2 Å². The van der Waals surface area contributed by atoms with Crippen molar-refractivity contribution in [3.63, 3.8) is 0 Å². The maximum Gasteiger partial charge on any atom is 0.237 e. The lowest BCUT2D eigenvalue weighted by molar-refractivity contribution is -0.136. The number of carbonyl (C=O) groups is 1. The van der Waals surface area contributed by atoms with Gasteiger partial charge in [-0.3, -0.25) is 9.69 Å². The lowest BCUT2D eigenvalue weighted by atomic mass is 10.2. The molecule has 0 saturated carbocycles. The number of nitrogens with zero attached hydrogens (tertiary/aromatic N) is 4. The van der Waals surface area contributed by atoms with Crippen LogP contribution in [0, 0.1) is 12.7 Å². The highest BCUT2D eigenvalue weighted by molar-refractivity contribution is 5.79. The standard InChI is InChI=1S/C17H21FN4O/c1-13-19-9-16(20(13)2)11-21-7-8-22(17(23)12-21)10-14-3-5-15(18)6-4-14/h3-6,9H,7-8,10-12H2,1-2H3. The number of rotatable bonds is 4. The highest BCUT2D eigenvalue weighted by Crippen LogP contribution is 2.13. The van der Waals surface area contributed by atoms with Crippen molar-refractivity contribution in [1.29, 1.82) is 0 Å². The molecule has 1 saturated heterocycles. The Balaban J connectivity index is 1.58. The number of halogens is 1. The van der Waals surface area contributed by atoms with Crippen LogP contribution in [0.5, 0.6) is 0 Å². The Morgan fingerprint density at radius 3 is 2.52 bits per heavy atom. The van der Waals surface area contributed by atoms with Crippen molar-refractivity contribution < 1.29 is 9.18 Å². The molecule has 23 heavy (non-hydrogen) atoms. The zero-order valence-corrected chi connectivity index (χ0v) is 13.5. The molecule has 0 spiro atoms. The molecule has 3 rings (SSSR count). The first kappa shape index (κ1) is 15.7. The molecule has 0 radical (unpaired) electrons. The fourth-order valence-electron chi connectivity index (χ4n) is 2.79. The third kappa shape index (κ3) is 3.59. The average molecular weight is 316 g/mol. The van der Waals surface area contributed by atoms with Crippen LogP contribution in [0.15, 0.2) is 30.5 Å². The van der Waals surface area contributed by atoms with E-state index >= 15 is 0 Å². The smallest absolute Gasteiger partial charge is 0.237 e. The quantitative estimate of drug-likeness (QED) is 0.862. The molecule has 2 heterocycles. The van der Waals surface area contributed by atoms with Gasteiger partial charge in [0.1, 0.15) is 11.6 Å².